The summed E-state index contributed by atoms with van der Waals surface area (Å²) in [7, 11) is 0. The van der Waals surface area contributed by atoms with E-state index in [9.17, 15) is 23.6 Å². The topological polar surface area (TPSA) is 126 Å². The van der Waals surface area contributed by atoms with Crippen molar-refractivity contribution in [1.82, 2.24) is 29.6 Å². The van der Waals surface area contributed by atoms with Gasteiger partial charge in [-0.05, 0) is 49.8 Å². The predicted octanol–water partition coefficient (Wildman–Crippen LogP) is 3.58. The Labute approximate surface area is 307 Å². The second-order valence-electron chi connectivity index (χ2n) is 14.0. The first-order valence-electron chi connectivity index (χ1n) is 18.4. The van der Waals surface area contributed by atoms with Gasteiger partial charge in [0.05, 0.1) is 24.9 Å². The molecule has 15 heteroatoms. The first kappa shape index (κ1) is 38.4. The maximum atomic E-state index is 15.3. The van der Waals surface area contributed by atoms with E-state index in [4.69, 9.17) is 14.5 Å². The van der Waals surface area contributed by atoms with Gasteiger partial charge < -0.3 is 29.2 Å². The van der Waals surface area contributed by atoms with Crippen molar-refractivity contribution in [3.63, 3.8) is 0 Å². The Morgan fingerprint density at radius 3 is 2.57 bits per heavy atom. The van der Waals surface area contributed by atoms with Crippen LogP contribution in [-0.4, -0.2) is 119 Å². The Hall–Kier alpha value is -4.34. The number of morpholine rings is 1. The lowest BCUT2D eigenvalue weighted by molar-refractivity contribution is -0.159. The smallest absolute Gasteiger partial charge is 0.254 e. The van der Waals surface area contributed by atoms with Crippen LogP contribution in [-0.2, 0) is 35.2 Å². The van der Waals surface area contributed by atoms with Crippen molar-refractivity contribution in [2.24, 2.45) is 11.8 Å². The zero-order chi connectivity index (χ0) is 37.5. The van der Waals surface area contributed by atoms with Gasteiger partial charge >= 0.3 is 0 Å². The normalized spacial score (nSPS) is 22.8. The summed E-state index contributed by atoms with van der Waals surface area (Å²) in [5, 5.41) is 3.08. The van der Waals surface area contributed by atoms with E-state index in [1.807, 2.05) is 0 Å². The van der Waals surface area contributed by atoms with E-state index in [1.54, 1.807) is 26.6 Å². The predicted molar refractivity (Wildman–Crippen MR) is 188 cm³/mol. The lowest BCUT2D eigenvalue weighted by Crippen LogP contribution is -2.55. The molecular formula is C38H47F3N6O6. The fourth-order valence-corrected chi connectivity index (χ4v) is 7.63. The minimum absolute atomic E-state index is 0.0138. The summed E-state index contributed by atoms with van der Waals surface area (Å²) in [5.74, 6) is -2.74. The summed E-state index contributed by atoms with van der Waals surface area (Å²) in [6.45, 7) is 6.34. The van der Waals surface area contributed by atoms with Crippen LogP contribution in [0, 0.1) is 23.5 Å². The van der Waals surface area contributed by atoms with Crippen molar-refractivity contribution in [3.8, 4) is 11.3 Å². The number of amides is 4. The molecule has 4 amide bonds. The van der Waals surface area contributed by atoms with Gasteiger partial charge in [-0.15, -0.1) is 6.58 Å². The van der Waals surface area contributed by atoms with Gasteiger partial charge in [0.15, 0.2) is 6.10 Å². The van der Waals surface area contributed by atoms with E-state index in [-0.39, 0.29) is 80.6 Å². The van der Waals surface area contributed by atoms with Crippen molar-refractivity contribution in [2.45, 2.75) is 63.4 Å². The minimum Gasteiger partial charge on any atom is -0.381 e. The Morgan fingerprint density at radius 2 is 1.85 bits per heavy atom. The summed E-state index contributed by atoms with van der Waals surface area (Å²) < 4.78 is 58.2. The third-order valence-corrected chi connectivity index (χ3v) is 10.5. The van der Waals surface area contributed by atoms with E-state index < -0.39 is 41.8 Å². The van der Waals surface area contributed by atoms with E-state index in [2.05, 4.69) is 11.9 Å². The van der Waals surface area contributed by atoms with Crippen molar-refractivity contribution < 1.29 is 41.8 Å². The molecule has 0 radical (unpaired) electrons. The Bertz CT molecular complexity index is 1680. The first-order valence-corrected chi connectivity index (χ1v) is 18.4. The van der Waals surface area contributed by atoms with E-state index >= 15 is 8.78 Å². The van der Waals surface area contributed by atoms with Crippen LogP contribution in [0.3, 0.4) is 0 Å². The third-order valence-electron chi connectivity index (χ3n) is 10.5. The quantitative estimate of drug-likeness (QED) is 0.167. The molecule has 3 fully saturated rings. The van der Waals surface area contributed by atoms with Gasteiger partial charge in [-0.2, -0.15) is 0 Å². The number of alkyl halides is 1. The molecule has 0 spiro atoms. The van der Waals surface area contributed by atoms with Crippen LogP contribution in [0.15, 0.2) is 49.2 Å². The highest BCUT2D eigenvalue weighted by Gasteiger charge is 2.43. The number of carbonyl (C=O) groups is 4. The second kappa shape index (κ2) is 17.7. The molecule has 0 bridgehead atoms. The number of rotatable bonds is 15. The van der Waals surface area contributed by atoms with Crippen LogP contribution in [0.5, 0.6) is 0 Å². The summed E-state index contributed by atoms with van der Waals surface area (Å²) in [6.07, 6.45) is 6.67. The number of halogens is 3. The lowest BCUT2D eigenvalue weighted by atomic mass is 9.88. The van der Waals surface area contributed by atoms with Gasteiger partial charge in [-0.25, -0.2) is 18.2 Å². The molecule has 12 nitrogen and oxygen atoms in total. The van der Waals surface area contributed by atoms with Crippen molar-refractivity contribution >= 4 is 23.6 Å². The molecule has 2 aromatic rings. The van der Waals surface area contributed by atoms with Crippen LogP contribution >= 0.6 is 0 Å². The number of allylic oxidation sites excluding steroid dienone is 1. The van der Waals surface area contributed by atoms with Crippen LogP contribution in [0.4, 0.5) is 13.2 Å². The number of ether oxygens (including phenoxy) is 2. The fourth-order valence-electron chi connectivity index (χ4n) is 7.63. The number of benzene rings is 1. The molecular weight excluding hydrogens is 693 g/mol. The first-order chi connectivity index (χ1) is 25.6. The molecule has 4 aliphatic heterocycles. The highest BCUT2D eigenvalue weighted by atomic mass is 19.1. The summed E-state index contributed by atoms with van der Waals surface area (Å²) >= 11 is 0. The number of hydrogen-bond acceptors (Lipinski definition) is 8. The highest BCUT2D eigenvalue weighted by molar-refractivity contribution is 6.12. The molecule has 1 aromatic heterocycles. The monoisotopic (exact) mass is 740 g/mol. The van der Waals surface area contributed by atoms with Crippen molar-refractivity contribution in [2.75, 3.05) is 59.1 Å². The number of unbranched alkanes of at least 4 members (excludes halogenated alkanes) is 2. The van der Waals surface area contributed by atoms with Crippen LogP contribution in [0.25, 0.3) is 11.3 Å². The number of nitrogens with one attached hydrogen (secondary N) is 1. The molecule has 0 aliphatic carbocycles. The molecule has 1 aromatic carbocycles. The summed E-state index contributed by atoms with van der Waals surface area (Å²) in [6, 6.07) is 2.45. The molecule has 5 heterocycles. The number of imide groups is 1. The molecule has 0 unspecified atom stereocenters. The van der Waals surface area contributed by atoms with E-state index in [0.29, 0.717) is 64.2 Å². The molecule has 4 atom stereocenters. The van der Waals surface area contributed by atoms with Crippen molar-refractivity contribution in [1.29, 1.82) is 0 Å². The minimum atomic E-state index is -1.20. The summed E-state index contributed by atoms with van der Waals surface area (Å²) in [5.41, 5.74) is 0.163. The molecule has 3 saturated heterocycles. The number of hydrogen-bond donors (Lipinski definition) is 1. The number of nitrogens with zero attached hydrogens (tertiary/aromatic N) is 5. The van der Waals surface area contributed by atoms with Gasteiger partial charge in [0.1, 0.15) is 23.6 Å². The largest absolute Gasteiger partial charge is 0.381 e. The van der Waals surface area contributed by atoms with Gasteiger partial charge in [0.25, 0.3) is 17.7 Å². The lowest BCUT2D eigenvalue weighted by Gasteiger charge is -2.42. The SMILES string of the molecule is C=CCn1cc(-c2cc(F)ccc2F)nc1[C@@H](C1CCOCC1)N(C[C@@H]1CNC[C@@H]1F)C(=O)[C@H]1CN(C(=O)CCCCCN2C(=O)C=CC2=O)CCO1. The maximum Gasteiger partial charge on any atom is 0.254 e. The molecule has 4 aliphatic rings. The standard InChI is InChI=1S/C38H47F3N6O6/c1-2-13-45-23-31(28-19-27(39)7-8-29(28)40)43-37(45)36(25-11-16-52-17-12-25)47(22-26-20-42-21-30(26)41)38(51)32-24-44(15-18-53-32)33(48)6-4-3-5-14-46-34(49)9-10-35(46)50/h2,7-10,19,23,25-26,30,32,36,42H,1,3-6,11-18,20-22,24H2/t26-,30-,32+,36+/m0/s1. The van der Waals surface area contributed by atoms with Crippen LogP contribution in [0.1, 0.15) is 50.4 Å². The Balaban J connectivity index is 1.24. The molecule has 286 valence electrons. The molecule has 6 rings (SSSR count). The van der Waals surface area contributed by atoms with E-state index in [1.165, 1.54) is 17.1 Å². The average molecular weight is 741 g/mol. The van der Waals surface area contributed by atoms with Crippen LogP contribution in [0.2, 0.25) is 0 Å². The molecule has 1 N–H and O–H groups in total. The zero-order valence-corrected chi connectivity index (χ0v) is 29.8. The van der Waals surface area contributed by atoms with Gasteiger partial charge in [-0.3, -0.25) is 24.1 Å². The third kappa shape index (κ3) is 9.07. The Morgan fingerprint density at radius 1 is 1.08 bits per heavy atom. The molecule has 53 heavy (non-hydrogen) atoms. The fraction of sp³-hybridized carbons (Fsp3) is 0.553. The maximum absolute atomic E-state index is 15.3. The van der Waals surface area contributed by atoms with Crippen molar-refractivity contribution in [3.05, 3.63) is 66.7 Å². The highest BCUT2D eigenvalue weighted by Crippen LogP contribution is 2.38. The number of carbonyl (C=O) groups excluding carboxylic acids is 4. The Kier molecular flexibility index (Phi) is 12.8. The number of aromatic nitrogens is 2. The average Bonchev–Trinajstić information content (AvgIpc) is 3.86. The second-order valence-corrected chi connectivity index (χ2v) is 14.0. The molecule has 0 saturated carbocycles. The van der Waals surface area contributed by atoms with E-state index in [0.717, 1.165) is 18.2 Å². The summed E-state index contributed by atoms with van der Waals surface area (Å²) in [4.78, 5) is 61.1. The van der Waals surface area contributed by atoms with Gasteiger partial charge in [0.2, 0.25) is 5.91 Å². The van der Waals surface area contributed by atoms with Gasteiger partial charge in [0, 0.05) is 88.7 Å². The zero-order valence-electron chi connectivity index (χ0n) is 29.8. The van der Waals surface area contributed by atoms with Crippen LogP contribution < -0.4 is 5.32 Å². The van der Waals surface area contributed by atoms with Gasteiger partial charge in [-0.1, -0.05) is 12.5 Å². The number of imidazole rings is 1.